The van der Waals surface area contributed by atoms with Gasteiger partial charge in [0.2, 0.25) is 5.75 Å². The van der Waals surface area contributed by atoms with Crippen LogP contribution in [0.3, 0.4) is 0 Å². The number of aromatic nitrogens is 1. The van der Waals surface area contributed by atoms with Crippen LogP contribution in [0, 0.1) is 5.92 Å². The average molecular weight is 548 g/mol. The van der Waals surface area contributed by atoms with Crippen LogP contribution in [0.5, 0.6) is 17.2 Å². The van der Waals surface area contributed by atoms with Crippen LogP contribution in [0.1, 0.15) is 29.2 Å². The minimum absolute atomic E-state index is 0.0653. The molecule has 1 saturated heterocycles. The molecule has 2 bridgehead atoms. The highest BCUT2D eigenvalue weighted by Gasteiger charge is 2.38. The maximum Gasteiger partial charge on any atom is 0.260 e. The van der Waals surface area contributed by atoms with Gasteiger partial charge in [0.15, 0.2) is 11.5 Å². The Balaban J connectivity index is 1.33. The highest BCUT2D eigenvalue weighted by molar-refractivity contribution is 6.37. The summed E-state index contributed by atoms with van der Waals surface area (Å²) in [6.45, 7) is 2.77. The number of rotatable bonds is 6. The molecule has 3 aromatic rings. The van der Waals surface area contributed by atoms with E-state index in [9.17, 15) is 9.59 Å². The molecule has 0 N–H and O–H groups in total. The lowest BCUT2D eigenvalue weighted by Gasteiger charge is -2.43. The molecule has 2 aromatic carbocycles. The van der Waals surface area contributed by atoms with Gasteiger partial charge in [0.25, 0.3) is 11.5 Å². The largest absolute Gasteiger partial charge is 0.493 e. The second-order valence-corrected chi connectivity index (χ2v) is 10.7. The maximum atomic E-state index is 13.9. The molecule has 1 fully saturated rings. The van der Waals surface area contributed by atoms with Crippen LogP contribution in [0.4, 0.5) is 5.69 Å². The minimum Gasteiger partial charge on any atom is -0.493 e. The molecule has 39 heavy (non-hydrogen) atoms. The van der Waals surface area contributed by atoms with E-state index in [-0.39, 0.29) is 17.4 Å². The summed E-state index contributed by atoms with van der Waals surface area (Å²) in [6.07, 6.45) is 2.91. The molecule has 8 nitrogen and oxygen atoms in total. The van der Waals surface area contributed by atoms with Crippen molar-refractivity contribution >= 4 is 34.8 Å². The maximum absolute atomic E-state index is 13.9. The summed E-state index contributed by atoms with van der Waals surface area (Å²) in [5, 5.41) is 0.574. The monoisotopic (exact) mass is 547 g/mol. The van der Waals surface area contributed by atoms with Crippen LogP contribution in [0.2, 0.25) is 5.02 Å². The number of nitrogens with zero attached hydrogens (tertiary/aromatic N) is 3. The number of likely N-dealkylation sites (tertiary alicyclic amines) is 1. The van der Waals surface area contributed by atoms with E-state index in [2.05, 4.69) is 11.0 Å². The summed E-state index contributed by atoms with van der Waals surface area (Å²) in [7, 11) is 4.69. The number of hydrogen-bond acceptors (Lipinski definition) is 6. The van der Waals surface area contributed by atoms with Gasteiger partial charge in [0.05, 0.1) is 33.7 Å². The fraction of sp³-hybridized carbons (Fsp3) is 0.333. The number of amides is 1. The van der Waals surface area contributed by atoms with Gasteiger partial charge in [-0.2, -0.15) is 0 Å². The second kappa shape index (κ2) is 10.1. The fourth-order valence-electron chi connectivity index (χ4n) is 6.27. The zero-order valence-electron chi connectivity index (χ0n) is 22.1. The first kappa shape index (κ1) is 25.5. The molecule has 6 rings (SSSR count). The number of halogens is 1. The molecule has 0 saturated carbocycles. The summed E-state index contributed by atoms with van der Waals surface area (Å²) in [5.74, 6) is 2.06. The van der Waals surface area contributed by atoms with Gasteiger partial charge >= 0.3 is 0 Å². The number of benzene rings is 2. The Hall–Kier alpha value is -3.75. The summed E-state index contributed by atoms with van der Waals surface area (Å²) in [5.41, 5.74) is 4.10. The number of pyridine rings is 1. The number of anilines is 1. The Morgan fingerprint density at radius 3 is 2.44 bits per heavy atom. The van der Waals surface area contributed by atoms with Crippen LogP contribution in [0.15, 0.2) is 53.3 Å². The molecule has 1 aromatic heterocycles. The zero-order valence-corrected chi connectivity index (χ0v) is 22.9. The number of ether oxygens (including phenoxy) is 3. The van der Waals surface area contributed by atoms with Crippen molar-refractivity contribution in [1.82, 2.24) is 9.47 Å². The summed E-state index contributed by atoms with van der Waals surface area (Å²) >= 11 is 6.40. The normalized spacial score (nSPS) is 21.1. The standard InChI is InChI=1S/C30H30ClN3O5/c1-37-26-11-18(12-27(38-2)29(26)39-3)10-23-22-8-7-21(31)13-25(22)34(30(23)36)17-32-14-19-9-20(16-32)24-5-4-6-28(35)33(24)15-19/h4-8,10-13,19-20H,9,14-17H2,1-3H3/t19-,20-/m1/s1. The highest BCUT2D eigenvalue weighted by atomic mass is 35.5. The van der Waals surface area contributed by atoms with Crippen LogP contribution < -0.4 is 24.7 Å². The van der Waals surface area contributed by atoms with Gasteiger partial charge in [-0.25, -0.2) is 0 Å². The lowest BCUT2D eigenvalue weighted by Crippen LogP contribution is -2.50. The first-order chi connectivity index (χ1) is 18.9. The molecule has 0 spiro atoms. The van der Waals surface area contributed by atoms with Crippen LogP contribution in [0.25, 0.3) is 11.6 Å². The van der Waals surface area contributed by atoms with E-state index in [1.807, 2.05) is 45.9 Å². The van der Waals surface area contributed by atoms with Crippen molar-refractivity contribution in [1.29, 1.82) is 0 Å². The topological polar surface area (TPSA) is 73.2 Å². The van der Waals surface area contributed by atoms with Gasteiger partial charge in [-0.1, -0.05) is 23.7 Å². The van der Waals surface area contributed by atoms with Crippen molar-refractivity contribution in [2.45, 2.75) is 18.9 Å². The van der Waals surface area contributed by atoms with E-state index in [1.165, 1.54) is 0 Å². The second-order valence-electron chi connectivity index (χ2n) is 10.3. The molecule has 202 valence electrons. The summed E-state index contributed by atoms with van der Waals surface area (Å²) in [4.78, 5) is 30.5. The molecule has 3 aliphatic heterocycles. The third-order valence-electron chi connectivity index (χ3n) is 7.91. The van der Waals surface area contributed by atoms with Gasteiger partial charge in [-0.3, -0.25) is 19.4 Å². The van der Waals surface area contributed by atoms with Crippen LogP contribution in [-0.4, -0.2) is 56.5 Å². The Morgan fingerprint density at radius 1 is 0.949 bits per heavy atom. The average Bonchev–Trinajstić information content (AvgIpc) is 3.18. The van der Waals surface area contributed by atoms with Gasteiger partial charge in [0.1, 0.15) is 0 Å². The van der Waals surface area contributed by atoms with Crippen LogP contribution >= 0.6 is 11.6 Å². The van der Waals surface area contributed by atoms with Gasteiger partial charge in [-0.15, -0.1) is 0 Å². The fourth-order valence-corrected chi connectivity index (χ4v) is 6.43. The van der Waals surface area contributed by atoms with Crippen molar-refractivity contribution in [3.8, 4) is 17.2 Å². The Bertz CT molecular complexity index is 1520. The van der Waals surface area contributed by atoms with E-state index in [0.29, 0.717) is 47.0 Å². The van der Waals surface area contributed by atoms with Gasteiger partial charge in [-0.05, 0) is 54.3 Å². The molecule has 0 unspecified atom stereocenters. The van der Waals surface area contributed by atoms with Crippen molar-refractivity contribution in [3.63, 3.8) is 0 Å². The number of hydrogen-bond donors (Lipinski definition) is 0. The molecule has 0 aliphatic carbocycles. The molecule has 9 heteroatoms. The Labute approximate surface area is 231 Å². The Kier molecular flexibility index (Phi) is 6.61. The molecule has 0 radical (unpaired) electrons. The SMILES string of the molecule is COc1cc(C=C2C(=O)N(CN3C[C@H]4C[C@H](C3)c3cccc(=O)n3C4)c3cc(Cl)ccc32)cc(OC)c1OC. The quantitative estimate of drug-likeness (QED) is 0.423. The zero-order chi connectivity index (χ0) is 27.3. The first-order valence-corrected chi connectivity index (χ1v) is 13.3. The Morgan fingerprint density at radius 2 is 1.72 bits per heavy atom. The number of methoxy groups -OCH3 is 3. The first-order valence-electron chi connectivity index (χ1n) is 13.0. The van der Waals surface area contributed by atoms with Crippen LogP contribution in [-0.2, 0) is 11.3 Å². The van der Waals surface area contributed by atoms with Gasteiger partial charge < -0.3 is 18.8 Å². The molecule has 3 aliphatic rings. The highest BCUT2D eigenvalue weighted by Crippen LogP contribution is 2.43. The molecule has 1 amide bonds. The molecular formula is C30H30ClN3O5. The lowest BCUT2D eigenvalue weighted by molar-refractivity contribution is -0.113. The van der Waals surface area contributed by atoms with Crippen molar-refractivity contribution in [2.75, 3.05) is 46.0 Å². The van der Waals surface area contributed by atoms with E-state index in [4.69, 9.17) is 25.8 Å². The predicted octanol–water partition coefficient (Wildman–Crippen LogP) is 4.49. The number of carbonyl (C=O) groups is 1. The smallest absolute Gasteiger partial charge is 0.260 e. The van der Waals surface area contributed by atoms with Crippen molar-refractivity contribution in [3.05, 3.63) is 80.7 Å². The van der Waals surface area contributed by atoms with Gasteiger partial charge in [0, 0.05) is 53.5 Å². The van der Waals surface area contributed by atoms with Crippen molar-refractivity contribution in [2.24, 2.45) is 5.92 Å². The van der Waals surface area contributed by atoms with E-state index in [0.717, 1.165) is 42.0 Å². The molecular weight excluding hydrogens is 518 g/mol. The lowest BCUT2D eigenvalue weighted by atomic mass is 9.83. The number of fused-ring (bicyclic) bond motifs is 5. The third kappa shape index (κ3) is 4.47. The number of carbonyl (C=O) groups excluding carboxylic acids is 1. The molecule has 4 heterocycles. The number of piperidine rings is 1. The minimum atomic E-state index is -0.0895. The predicted molar refractivity (Wildman–Crippen MR) is 151 cm³/mol. The van der Waals surface area contributed by atoms with E-state index in [1.54, 1.807) is 33.5 Å². The summed E-state index contributed by atoms with van der Waals surface area (Å²) in [6, 6.07) is 14.7. The van der Waals surface area contributed by atoms with E-state index < -0.39 is 0 Å². The summed E-state index contributed by atoms with van der Waals surface area (Å²) < 4.78 is 18.4. The van der Waals surface area contributed by atoms with E-state index >= 15 is 0 Å². The third-order valence-corrected chi connectivity index (χ3v) is 8.15. The molecule has 2 atom stereocenters. The van der Waals surface area contributed by atoms with Crippen molar-refractivity contribution < 1.29 is 19.0 Å².